The molecule has 0 aliphatic carbocycles. The molecule has 0 spiro atoms. The summed E-state index contributed by atoms with van der Waals surface area (Å²) in [5, 5.41) is 7.39. The van der Waals surface area contributed by atoms with Crippen LogP contribution in [0.5, 0.6) is 0 Å². The van der Waals surface area contributed by atoms with Crippen LogP contribution in [0, 0.1) is 5.82 Å². The Balaban J connectivity index is 2.53. The summed E-state index contributed by atoms with van der Waals surface area (Å²) in [6.07, 6.45) is 1.57. The Labute approximate surface area is 114 Å². The van der Waals surface area contributed by atoms with Gasteiger partial charge >= 0.3 is 0 Å². The van der Waals surface area contributed by atoms with E-state index in [1.54, 1.807) is 18.3 Å². The first kappa shape index (κ1) is 14.1. The highest BCUT2D eigenvalue weighted by atomic mass is 79.9. The number of thiocarbonyl (C=S) groups is 1. The standard InChI is InChI=1S/C11H13BrFN3S/c1-7(2)15-11(17)16-14-6-8-3-4-10(13)9(12)5-8/h3-7H,1-2H3,(H2,15,16,17)/b14-6-. The van der Waals surface area contributed by atoms with Gasteiger partial charge in [0.2, 0.25) is 0 Å². The molecule has 6 heteroatoms. The number of benzene rings is 1. The minimum Gasteiger partial charge on any atom is -0.359 e. The van der Waals surface area contributed by atoms with E-state index in [4.69, 9.17) is 12.2 Å². The van der Waals surface area contributed by atoms with Crippen molar-refractivity contribution in [2.45, 2.75) is 19.9 Å². The Bertz CT molecular complexity index is 435. The average Bonchev–Trinajstić information content (AvgIpc) is 2.22. The summed E-state index contributed by atoms with van der Waals surface area (Å²) in [6, 6.07) is 4.89. The summed E-state index contributed by atoms with van der Waals surface area (Å²) in [7, 11) is 0. The predicted molar refractivity (Wildman–Crippen MR) is 75.7 cm³/mol. The van der Waals surface area contributed by atoms with Gasteiger partial charge in [-0.05, 0) is 59.7 Å². The van der Waals surface area contributed by atoms with E-state index in [1.165, 1.54) is 6.07 Å². The zero-order valence-corrected chi connectivity index (χ0v) is 11.9. The maximum absolute atomic E-state index is 13.0. The second kappa shape index (κ2) is 6.66. The number of hydrogen-bond donors (Lipinski definition) is 2. The van der Waals surface area contributed by atoms with Crippen LogP contribution in [0.2, 0.25) is 0 Å². The fraction of sp³-hybridized carbons (Fsp3) is 0.273. The van der Waals surface area contributed by atoms with E-state index in [-0.39, 0.29) is 11.9 Å². The lowest BCUT2D eigenvalue weighted by molar-refractivity contribution is 0.621. The van der Waals surface area contributed by atoms with Crippen molar-refractivity contribution in [2.24, 2.45) is 5.10 Å². The molecular formula is C11H13BrFN3S. The van der Waals surface area contributed by atoms with Crippen molar-refractivity contribution >= 4 is 39.5 Å². The van der Waals surface area contributed by atoms with E-state index in [2.05, 4.69) is 31.8 Å². The third-order valence-corrected chi connectivity index (χ3v) is 2.56. The Morgan fingerprint density at radius 1 is 1.53 bits per heavy atom. The lowest BCUT2D eigenvalue weighted by atomic mass is 10.2. The summed E-state index contributed by atoms with van der Waals surface area (Å²) in [6.45, 7) is 3.96. The van der Waals surface area contributed by atoms with Crippen molar-refractivity contribution in [3.05, 3.63) is 34.1 Å². The van der Waals surface area contributed by atoms with Gasteiger partial charge in [-0.3, -0.25) is 5.43 Å². The summed E-state index contributed by atoms with van der Waals surface area (Å²) in [5.41, 5.74) is 3.45. The molecule has 0 aliphatic heterocycles. The van der Waals surface area contributed by atoms with Gasteiger partial charge in [0.1, 0.15) is 5.82 Å². The molecule has 0 radical (unpaired) electrons. The molecule has 0 amide bonds. The van der Waals surface area contributed by atoms with Gasteiger partial charge in [0, 0.05) is 6.04 Å². The summed E-state index contributed by atoms with van der Waals surface area (Å²) in [5.74, 6) is -0.299. The van der Waals surface area contributed by atoms with Gasteiger partial charge in [-0.15, -0.1) is 0 Å². The zero-order chi connectivity index (χ0) is 12.8. The number of hydrazone groups is 1. The van der Waals surface area contributed by atoms with E-state index in [0.717, 1.165) is 5.56 Å². The lowest BCUT2D eigenvalue weighted by Gasteiger charge is -2.09. The first-order valence-corrected chi connectivity index (χ1v) is 6.24. The molecule has 1 aromatic carbocycles. The van der Waals surface area contributed by atoms with Crippen LogP contribution < -0.4 is 10.7 Å². The fourth-order valence-corrected chi connectivity index (χ4v) is 1.74. The number of halogens is 2. The Hall–Kier alpha value is -1.01. The van der Waals surface area contributed by atoms with Crippen LogP contribution in [-0.2, 0) is 0 Å². The molecular weight excluding hydrogens is 305 g/mol. The molecule has 1 aromatic rings. The third-order valence-electron chi connectivity index (χ3n) is 1.74. The number of rotatable bonds is 3. The van der Waals surface area contributed by atoms with Crippen molar-refractivity contribution in [2.75, 3.05) is 0 Å². The first-order chi connectivity index (χ1) is 7.99. The van der Waals surface area contributed by atoms with Gasteiger partial charge < -0.3 is 5.32 Å². The minimum absolute atomic E-state index is 0.255. The highest BCUT2D eigenvalue weighted by Crippen LogP contribution is 2.15. The van der Waals surface area contributed by atoms with Crippen LogP contribution in [0.4, 0.5) is 4.39 Å². The number of hydrogen-bond acceptors (Lipinski definition) is 2. The molecule has 0 aromatic heterocycles. The average molecular weight is 318 g/mol. The molecule has 0 fully saturated rings. The van der Waals surface area contributed by atoms with E-state index in [0.29, 0.717) is 9.59 Å². The monoisotopic (exact) mass is 317 g/mol. The number of nitrogens with zero attached hydrogens (tertiary/aromatic N) is 1. The topological polar surface area (TPSA) is 36.4 Å². The molecule has 0 bridgehead atoms. The van der Waals surface area contributed by atoms with Crippen LogP contribution in [-0.4, -0.2) is 17.4 Å². The van der Waals surface area contributed by atoms with Gasteiger partial charge in [-0.25, -0.2) is 4.39 Å². The number of nitrogens with one attached hydrogen (secondary N) is 2. The van der Waals surface area contributed by atoms with Crippen LogP contribution in [0.25, 0.3) is 0 Å². The molecule has 3 nitrogen and oxygen atoms in total. The smallest absolute Gasteiger partial charge is 0.187 e. The van der Waals surface area contributed by atoms with Crippen LogP contribution >= 0.6 is 28.1 Å². The zero-order valence-electron chi connectivity index (χ0n) is 9.50. The van der Waals surface area contributed by atoms with Crippen LogP contribution in [0.15, 0.2) is 27.8 Å². The Morgan fingerprint density at radius 3 is 2.82 bits per heavy atom. The summed E-state index contributed by atoms with van der Waals surface area (Å²) < 4.78 is 13.4. The maximum atomic E-state index is 13.0. The second-order valence-electron chi connectivity index (χ2n) is 3.67. The SMILES string of the molecule is CC(C)NC(=S)N/N=C\c1ccc(F)c(Br)c1. The normalized spacial score (nSPS) is 10.9. The molecule has 0 saturated carbocycles. The molecule has 0 atom stereocenters. The van der Waals surface area contributed by atoms with Crippen molar-refractivity contribution in [1.29, 1.82) is 0 Å². The highest BCUT2D eigenvalue weighted by Gasteiger charge is 1.98. The molecule has 0 heterocycles. The molecule has 17 heavy (non-hydrogen) atoms. The van der Waals surface area contributed by atoms with Crippen molar-refractivity contribution in [3.63, 3.8) is 0 Å². The summed E-state index contributed by atoms with van der Waals surface area (Å²) in [4.78, 5) is 0. The van der Waals surface area contributed by atoms with E-state index in [1.807, 2.05) is 13.8 Å². The molecule has 0 unspecified atom stereocenters. The van der Waals surface area contributed by atoms with E-state index < -0.39 is 0 Å². The Kier molecular flexibility index (Phi) is 5.50. The van der Waals surface area contributed by atoms with Gasteiger partial charge in [0.05, 0.1) is 10.7 Å². The fourth-order valence-electron chi connectivity index (χ4n) is 1.05. The van der Waals surface area contributed by atoms with Gasteiger partial charge in [-0.2, -0.15) is 5.10 Å². The molecule has 0 saturated heterocycles. The maximum Gasteiger partial charge on any atom is 0.187 e. The minimum atomic E-state index is -0.299. The van der Waals surface area contributed by atoms with Crippen molar-refractivity contribution in [3.8, 4) is 0 Å². The largest absolute Gasteiger partial charge is 0.359 e. The van der Waals surface area contributed by atoms with Gasteiger partial charge in [0.15, 0.2) is 5.11 Å². The summed E-state index contributed by atoms with van der Waals surface area (Å²) >= 11 is 8.09. The first-order valence-electron chi connectivity index (χ1n) is 5.03. The van der Waals surface area contributed by atoms with Gasteiger partial charge in [-0.1, -0.05) is 6.07 Å². The van der Waals surface area contributed by atoms with Crippen molar-refractivity contribution < 1.29 is 4.39 Å². The van der Waals surface area contributed by atoms with E-state index >= 15 is 0 Å². The van der Waals surface area contributed by atoms with Crippen LogP contribution in [0.1, 0.15) is 19.4 Å². The van der Waals surface area contributed by atoms with E-state index in [9.17, 15) is 4.39 Å². The molecule has 0 aliphatic rings. The predicted octanol–water partition coefficient (Wildman–Crippen LogP) is 2.79. The molecule has 1 rings (SSSR count). The van der Waals surface area contributed by atoms with Crippen LogP contribution in [0.3, 0.4) is 0 Å². The van der Waals surface area contributed by atoms with Crippen molar-refractivity contribution in [1.82, 2.24) is 10.7 Å². The quantitative estimate of drug-likeness (QED) is 0.511. The molecule has 92 valence electrons. The Morgan fingerprint density at radius 2 is 2.24 bits per heavy atom. The molecule has 2 N–H and O–H groups in total. The second-order valence-corrected chi connectivity index (χ2v) is 4.93. The lowest BCUT2D eigenvalue weighted by Crippen LogP contribution is -2.36. The highest BCUT2D eigenvalue weighted by molar-refractivity contribution is 9.10. The van der Waals surface area contributed by atoms with Gasteiger partial charge in [0.25, 0.3) is 0 Å². The third kappa shape index (κ3) is 5.23.